The largest absolute Gasteiger partial charge is 0.368 e. The summed E-state index contributed by atoms with van der Waals surface area (Å²) in [5.74, 6) is 0. The van der Waals surface area contributed by atoms with Crippen LogP contribution < -0.4 is 5.32 Å². The Bertz CT molecular complexity index is 563. The van der Waals surface area contributed by atoms with Crippen LogP contribution in [-0.2, 0) is 12.1 Å². The molecule has 1 aliphatic heterocycles. The van der Waals surface area contributed by atoms with Gasteiger partial charge in [-0.2, -0.15) is 5.26 Å². The number of nitrogens with zero attached hydrogens (tertiary/aromatic N) is 2. The Morgan fingerprint density at radius 3 is 3.18 bits per heavy atom. The summed E-state index contributed by atoms with van der Waals surface area (Å²) >= 11 is 1.56. The number of thioether (sulfide) groups is 1. The number of aliphatic hydroxyl groups is 1. The van der Waals surface area contributed by atoms with Gasteiger partial charge < -0.3 is 10.4 Å². The van der Waals surface area contributed by atoms with Gasteiger partial charge in [0.2, 0.25) is 0 Å². The van der Waals surface area contributed by atoms with Crippen molar-refractivity contribution in [1.29, 1.82) is 5.26 Å². The van der Waals surface area contributed by atoms with E-state index >= 15 is 0 Å². The van der Waals surface area contributed by atoms with Crippen LogP contribution in [0.4, 0.5) is 0 Å². The zero-order valence-corrected chi connectivity index (χ0v) is 10.1. The second-order valence-corrected chi connectivity index (χ2v) is 5.38. The fraction of sp³-hybridized carbons (Fsp3) is 0.333. The smallest absolute Gasteiger partial charge is 0.198 e. The van der Waals surface area contributed by atoms with Gasteiger partial charge in [0.15, 0.2) is 10.9 Å². The molecule has 2 N–H and O–H groups in total. The molecular formula is C12H11N3OS. The molecule has 2 atom stereocenters. The van der Waals surface area contributed by atoms with E-state index in [9.17, 15) is 5.11 Å². The van der Waals surface area contributed by atoms with Gasteiger partial charge in [-0.05, 0) is 24.1 Å². The van der Waals surface area contributed by atoms with Gasteiger partial charge in [0.05, 0.1) is 16.9 Å². The second kappa shape index (κ2) is 3.49. The van der Waals surface area contributed by atoms with Crippen LogP contribution in [0.15, 0.2) is 23.2 Å². The van der Waals surface area contributed by atoms with E-state index in [1.165, 1.54) is 0 Å². The molecule has 0 amide bonds. The van der Waals surface area contributed by atoms with Crippen LogP contribution in [0.25, 0.3) is 0 Å². The van der Waals surface area contributed by atoms with Gasteiger partial charge in [0.25, 0.3) is 0 Å². The molecule has 5 heteroatoms. The molecule has 0 saturated heterocycles. The third kappa shape index (κ3) is 1.38. The van der Waals surface area contributed by atoms with Crippen LogP contribution in [0.2, 0.25) is 0 Å². The van der Waals surface area contributed by atoms with Crippen molar-refractivity contribution in [2.45, 2.75) is 17.4 Å². The minimum Gasteiger partial charge on any atom is -0.368 e. The van der Waals surface area contributed by atoms with Gasteiger partial charge in [0.1, 0.15) is 0 Å². The van der Waals surface area contributed by atoms with Crippen LogP contribution in [0.3, 0.4) is 0 Å². The first-order valence-electron chi connectivity index (χ1n) is 5.37. The average Bonchev–Trinajstić information content (AvgIpc) is 2.78. The summed E-state index contributed by atoms with van der Waals surface area (Å²) in [4.78, 5) is 4.34. The van der Waals surface area contributed by atoms with Crippen molar-refractivity contribution in [3.8, 4) is 6.07 Å². The molecule has 0 spiro atoms. The second-order valence-electron chi connectivity index (χ2n) is 4.19. The van der Waals surface area contributed by atoms with Crippen molar-refractivity contribution in [3.63, 3.8) is 0 Å². The van der Waals surface area contributed by atoms with Crippen molar-refractivity contribution in [1.82, 2.24) is 5.32 Å². The molecule has 17 heavy (non-hydrogen) atoms. The minimum atomic E-state index is -1.12. The number of nitrogens with one attached hydrogen (secondary N) is 1. The molecular weight excluding hydrogens is 234 g/mol. The lowest BCUT2D eigenvalue weighted by Crippen LogP contribution is -2.27. The van der Waals surface area contributed by atoms with Gasteiger partial charge >= 0.3 is 0 Å². The highest BCUT2D eigenvalue weighted by Crippen LogP contribution is 2.48. The van der Waals surface area contributed by atoms with Crippen molar-refractivity contribution in [2.24, 2.45) is 4.99 Å². The molecule has 0 fully saturated rings. The molecule has 0 saturated carbocycles. The van der Waals surface area contributed by atoms with E-state index in [1.807, 2.05) is 12.1 Å². The molecule has 86 valence electrons. The topological polar surface area (TPSA) is 68.4 Å². The van der Waals surface area contributed by atoms with Crippen molar-refractivity contribution in [2.75, 3.05) is 7.05 Å². The summed E-state index contributed by atoms with van der Waals surface area (Å²) in [6, 6.07) is 7.52. The third-order valence-corrected chi connectivity index (χ3v) is 4.52. The number of amidine groups is 1. The first kappa shape index (κ1) is 10.6. The van der Waals surface area contributed by atoms with E-state index in [2.05, 4.69) is 16.4 Å². The molecule has 4 nitrogen and oxygen atoms in total. The highest BCUT2D eigenvalue weighted by molar-refractivity contribution is 8.14. The Kier molecular flexibility index (Phi) is 2.18. The highest BCUT2D eigenvalue weighted by atomic mass is 32.2. The lowest BCUT2D eigenvalue weighted by atomic mass is 10.0. The number of aliphatic imine (C=N–C) groups is 1. The molecule has 1 aromatic carbocycles. The maximum atomic E-state index is 10.6. The number of hydrogen-bond acceptors (Lipinski definition) is 5. The SMILES string of the molecule is CNC1=NC2(O)c3ccc(C#N)cc3CC2S1. The molecule has 0 bridgehead atoms. The first-order chi connectivity index (χ1) is 8.17. The normalized spacial score (nSPS) is 29.2. The molecule has 3 rings (SSSR count). The Morgan fingerprint density at radius 1 is 1.65 bits per heavy atom. The molecule has 2 aliphatic rings. The quantitative estimate of drug-likeness (QED) is 0.714. The number of fused-ring (bicyclic) bond motifs is 3. The summed E-state index contributed by atoms with van der Waals surface area (Å²) in [6.45, 7) is 0. The molecule has 0 aromatic heterocycles. The third-order valence-electron chi connectivity index (χ3n) is 3.22. The standard InChI is InChI=1S/C12H11N3OS/c1-14-11-15-12(16)9-3-2-7(6-13)4-8(9)5-10(12)17-11/h2-4,10,16H,5H2,1H3,(H,14,15). The van der Waals surface area contributed by atoms with Gasteiger partial charge in [-0.3, -0.25) is 0 Å². The van der Waals surface area contributed by atoms with Crippen LogP contribution in [0.5, 0.6) is 0 Å². The Morgan fingerprint density at radius 2 is 2.47 bits per heavy atom. The molecule has 2 unspecified atom stereocenters. The minimum absolute atomic E-state index is 0.0221. The summed E-state index contributed by atoms with van der Waals surface area (Å²) in [5, 5.41) is 23.2. The monoisotopic (exact) mass is 245 g/mol. The average molecular weight is 245 g/mol. The zero-order valence-electron chi connectivity index (χ0n) is 9.27. The van der Waals surface area contributed by atoms with Crippen molar-refractivity contribution >= 4 is 16.9 Å². The summed E-state index contributed by atoms with van der Waals surface area (Å²) in [5.41, 5.74) is 1.38. The molecule has 0 radical (unpaired) electrons. The van der Waals surface area contributed by atoms with Crippen molar-refractivity contribution in [3.05, 3.63) is 34.9 Å². The molecule has 1 aromatic rings. The van der Waals surface area contributed by atoms with Crippen LogP contribution >= 0.6 is 11.8 Å². The van der Waals surface area contributed by atoms with Gasteiger partial charge in [0, 0.05) is 12.6 Å². The van der Waals surface area contributed by atoms with Crippen LogP contribution in [0, 0.1) is 11.3 Å². The predicted molar refractivity (Wildman–Crippen MR) is 66.6 cm³/mol. The van der Waals surface area contributed by atoms with E-state index in [0.29, 0.717) is 5.56 Å². The summed E-state index contributed by atoms with van der Waals surface area (Å²) in [7, 11) is 1.80. The zero-order chi connectivity index (χ0) is 12.0. The van der Waals surface area contributed by atoms with E-state index in [-0.39, 0.29) is 5.25 Å². The Hall–Kier alpha value is -1.51. The van der Waals surface area contributed by atoms with E-state index < -0.39 is 5.72 Å². The summed E-state index contributed by atoms with van der Waals surface area (Å²) in [6.07, 6.45) is 0.751. The van der Waals surface area contributed by atoms with E-state index in [1.54, 1.807) is 24.9 Å². The van der Waals surface area contributed by atoms with Crippen LogP contribution in [0.1, 0.15) is 16.7 Å². The predicted octanol–water partition coefficient (Wildman–Crippen LogP) is 0.950. The van der Waals surface area contributed by atoms with E-state index in [0.717, 1.165) is 22.7 Å². The molecule has 1 heterocycles. The fourth-order valence-corrected chi connectivity index (χ4v) is 3.58. The van der Waals surface area contributed by atoms with Gasteiger partial charge in [-0.1, -0.05) is 17.8 Å². The first-order valence-corrected chi connectivity index (χ1v) is 6.25. The lowest BCUT2D eigenvalue weighted by molar-refractivity contribution is 0.0578. The summed E-state index contributed by atoms with van der Waals surface area (Å²) < 4.78 is 0. The van der Waals surface area contributed by atoms with Crippen LogP contribution in [-0.4, -0.2) is 22.6 Å². The fourth-order valence-electron chi connectivity index (χ4n) is 2.39. The Labute approximate surface area is 103 Å². The lowest BCUT2D eigenvalue weighted by Gasteiger charge is -2.19. The Balaban J connectivity index is 2.10. The van der Waals surface area contributed by atoms with Gasteiger partial charge in [-0.25, -0.2) is 4.99 Å². The number of rotatable bonds is 0. The molecule has 1 aliphatic carbocycles. The maximum Gasteiger partial charge on any atom is 0.198 e. The highest BCUT2D eigenvalue weighted by Gasteiger charge is 2.50. The van der Waals surface area contributed by atoms with E-state index in [4.69, 9.17) is 5.26 Å². The van der Waals surface area contributed by atoms with Crippen molar-refractivity contribution < 1.29 is 5.11 Å². The number of benzene rings is 1. The maximum absolute atomic E-state index is 10.6. The number of hydrogen-bond donors (Lipinski definition) is 2. The number of nitriles is 1. The van der Waals surface area contributed by atoms with Gasteiger partial charge in [-0.15, -0.1) is 0 Å².